The molecular formula is C15H21F2N3O. The third-order valence-electron chi connectivity index (χ3n) is 3.73. The molecule has 1 aliphatic heterocycles. The SMILES string of the molecule is NCCCN1CCCN(C(=O)c2c(F)cccc2F)CC1. The van der Waals surface area contributed by atoms with Crippen molar-refractivity contribution in [2.45, 2.75) is 12.8 Å². The van der Waals surface area contributed by atoms with Gasteiger partial charge in [0.1, 0.15) is 17.2 Å². The summed E-state index contributed by atoms with van der Waals surface area (Å²) in [5.74, 6) is -2.17. The molecule has 0 aliphatic carbocycles. The Balaban J connectivity index is 2.03. The van der Waals surface area contributed by atoms with E-state index in [1.807, 2.05) is 0 Å². The second kappa shape index (κ2) is 7.47. The van der Waals surface area contributed by atoms with Crippen molar-refractivity contribution in [1.82, 2.24) is 9.80 Å². The van der Waals surface area contributed by atoms with E-state index in [1.165, 1.54) is 11.0 Å². The molecule has 0 atom stereocenters. The molecule has 0 bridgehead atoms. The minimum atomic E-state index is -0.802. The molecule has 0 spiro atoms. The zero-order chi connectivity index (χ0) is 15.2. The summed E-state index contributed by atoms with van der Waals surface area (Å²) < 4.78 is 27.4. The van der Waals surface area contributed by atoms with Crippen LogP contribution in [0.3, 0.4) is 0 Å². The molecular weight excluding hydrogens is 276 g/mol. The van der Waals surface area contributed by atoms with Gasteiger partial charge in [-0.15, -0.1) is 0 Å². The van der Waals surface area contributed by atoms with E-state index in [9.17, 15) is 13.6 Å². The summed E-state index contributed by atoms with van der Waals surface area (Å²) in [5.41, 5.74) is 5.04. The summed E-state index contributed by atoms with van der Waals surface area (Å²) >= 11 is 0. The molecule has 1 fully saturated rings. The van der Waals surface area contributed by atoms with Crippen molar-refractivity contribution in [3.8, 4) is 0 Å². The monoisotopic (exact) mass is 297 g/mol. The van der Waals surface area contributed by atoms with Crippen molar-refractivity contribution in [2.24, 2.45) is 5.73 Å². The van der Waals surface area contributed by atoms with Crippen LogP contribution in [0.15, 0.2) is 18.2 Å². The van der Waals surface area contributed by atoms with Crippen LogP contribution in [0.1, 0.15) is 23.2 Å². The molecule has 116 valence electrons. The molecule has 1 aromatic carbocycles. The minimum absolute atomic E-state index is 0.451. The van der Waals surface area contributed by atoms with Gasteiger partial charge in [0.15, 0.2) is 0 Å². The van der Waals surface area contributed by atoms with E-state index in [0.29, 0.717) is 26.2 Å². The fourth-order valence-electron chi connectivity index (χ4n) is 2.57. The normalized spacial score (nSPS) is 16.8. The maximum Gasteiger partial charge on any atom is 0.259 e. The van der Waals surface area contributed by atoms with Crippen molar-refractivity contribution in [1.29, 1.82) is 0 Å². The lowest BCUT2D eigenvalue weighted by atomic mass is 10.1. The molecule has 2 rings (SSSR count). The fourth-order valence-corrected chi connectivity index (χ4v) is 2.57. The Kier molecular flexibility index (Phi) is 5.64. The van der Waals surface area contributed by atoms with Gasteiger partial charge >= 0.3 is 0 Å². The maximum atomic E-state index is 13.7. The lowest BCUT2D eigenvalue weighted by Gasteiger charge is -2.22. The highest BCUT2D eigenvalue weighted by Crippen LogP contribution is 2.16. The molecule has 0 saturated carbocycles. The van der Waals surface area contributed by atoms with Gasteiger partial charge < -0.3 is 15.5 Å². The number of carbonyl (C=O) groups excluding carboxylic acids is 1. The highest BCUT2D eigenvalue weighted by atomic mass is 19.1. The summed E-state index contributed by atoms with van der Waals surface area (Å²) in [6, 6.07) is 3.49. The lowest BCUT2D eigenvalue weighted by molar-refractivity contribution is 0.0751. The summed E-state index contributed by atoms with van der Waals surface area (Å²) in [4.78, 5) is 16.1. The Labute approximate surface area is 123 Å². The molecule has 1 heterocycles. The Hall–Kier alpha value is -1.53. The van der Waals surface area contributed by atoms with Crippen LogP contribution in [0.4, 0.5) is 8.78 Å². The number of hydrogen-bond donors (Lipinski definition) is 1. The van der Waals surface area contributed by atoms with Gasteiger partial charge in [0, 0.05) is 19.6 Å². The second-order valence-electron chi connectivity index (χ2n) is 5.23. The maximum absolute atomic E-state index is 13.7. The van der Waals surface area contributed by atoms with Crippen molar-refractivity contribution < 1.29 is 13.6 Å². The van der Waals surface area contributed by atoms with Crippen LogP contribution in [0.5, 0.6) is 0 Å². The molecule has 1 amide bonds. The van der Waals surface area contributed by atoms with Gasteiger partial charge in [0.2, 0.25) is 0 Å². The van der Waals surface area contributed by atoms with E-state index in [1.54, 1.807) is 0 Å². The van der Waals surface area contributed by atoms with Crippen molar-refractivity contribution >= 4 is 5.91 Å². The predicted molar refractivity (Wildman–Crippen MR) is 77.0 cm³/mol. The van der Waals surface area contributed by atoms with Crippen molar-refractivity contribution in [3.05, 3.63) is 35.4 Å². The zero-order valence-electron chi connectivity index (χ0n) is 12.0. The Morgan fingerprint density at radius 1 is 1.14 bits per heavy atom. The van der Waals surface area contributed by atoms with Gasteiger partial charge in [-0.25, -0.2) is 8.78 Å². The van der Waals surface area contributed by atoms with E-state index in [-0.39, 0.29) is 0 Å². The number of rotatable bonds is 4. The predicted octanol–water partition coefficient (Wildman–Crippen LogP) is 1.46. The summed E-state index contributed by atoms with van der Waals surface area (Å²) in [6.07, 6.45) is 1.71. The van der Waals surface area contributed by atoms with Crippen LogP contribution >= 0.6 is 0 Å². The molecule has 2 N–H and O–H groups in total. The number of carbonyl (C=O) groups is 1. The number of nitrogens with zero attached hydrogens (tertiary/aromatic N) is 2. The van der Waals surface area contributed by atoms with Gasteiger partial charge in [-0.3, -0.25) is 4.79 Å². The van der Waals surface area contributed by atoms with E-state index in [2.05, 4.69) is 4.90 Å². The van der Waals surface area contributed by atoms with Crippen molar-refractivity contribution in [3.63, 3.8) is 0 Å². The molecule has 0 radical (unpaired) electrons. The molecule has 1 saturated heterocycles. The van der Waals surface area contributed by atoms with E-state index < -0.39 is 23.1 Å². The Morgan fingerprint density at radius 2 is 1.86 bits per heavy atom. The first-order valence-corrected chi connectivity index (χ1v) is 7.29. The lowest BCUT2D eigenvalue weighted by Crippen LogP contribution is -2.36. The number of halogens is 2. The van der Waals surface area contributed by atoms with Crippen LogP contribution < -0.4 is 5.73 Å². The molecule has 0 unspecified atom stereocenters. The van der Waals surface area contributed by atoms with E-state index in [0.717, 1.165) is 38.1 Å². The Bertz CT molecular complexity index is 476. The van der Waals surface area contributed by atoms with Crippen LogP contribution in [-0.4, -0.2) is 55.0 Å². The highest BCUT2D eigenvalue weighted by molar-refractivity contribution is 5.94. The largest absolute Gasteiger partial charge is 0.337 e. The third kappa shape index (κ3) is 3.98. The first kappa shape index (κ1) is 15.9. The van der Waals surface area contributed by atoms with Gasteiger partial charge in [-0.1, -0.05) is 6.07 Å². The van der Waals surface area contributed by atoms with Crippen LogP contribution in [0.2, 0.25) is 0 Å². The van der Waals surface area contributed by atoms with Crippen LogP contribution in [-0.2, 0) is 0 Å². The average Bonchev–Trinajstić information content (AvgIpc) is 2.70. The molecule has 1 aromatic rings. The smallest absolute Gasteiger partial charge is 0.259 e. The fraction of sp³-hybridized carbons (Fsp3) is 0.533. The molecule has 6 heteroatoms. The number of nitrogens with two attached hydrogens (primary N) is 1. The van der Waals surface area contributed by atoms with Crippen LogP contribution in [0, 0.1) is 11.6 Å². The van der Waals surface area contributed by atoms with Crippen molar-refractivity contribution in [2.75, 3.05) is 39.3 Å². The number of hydrogen-bond acceptors (Lipinski definition) is 3. The topological polar surface area (TPSA) is 49.6 Å². The van der Waals surface area contributed by atoms with E-state index >= 15 is 0 Å². The van der Waals surface area contributed by atoms with Gasteiger partial charge in [0.25, 0.3) is 5.91 Å². The highest BCUT2D eigenvalue weighted by Gasteiger charge is 2.24. The number of amides is 1. The average molecular weight is 297 g/mol. The molecule has 4 nitrogen and oxygen atoms in total. The Morgan fingerprint density at radius 3 is 2.52 bits per heavy atom. The first-order chi connectivity index (χ1) is 10.1. The van der Waals surface area contributed by atoms with Crippen LogP contribution in [0.25, 0.3) is 0 Å². The quantitative estimate of drug-likeness (QED) is 0.915. The second-order valence-corrected chi connectivity index (χ2v) is 5.23. The van der Waals surface area contributed by atoms with E-state index in [4.69, 9.17) is 5.73 Å². The standard InChI is InChI=1S/C15H21F2N3O/c16-12-4-1-5-13(17)14(12)15(21)20-9-3-8-19(10-11-20)7-2-6-18/h1,4-5H,2-3,6-11,18H2. The summed E-state index contributed by atoms with van der Waals surface area (Å²) in [7, 11) is 0. The molecule has 0 aromatic heterocycles. The van der Waals surface area contributed by atoms with Gasteiger partial charge in [-0.2, -0.15) is 0 Å². The zero-order valence-corrected chi connectivity index (χ0v) is 12.0. The third-order valence-corrected chi connectivity index (χ3v) is 3.73. The van der Waals surface area contributed by atoms with Gasteiger partial charge in [0.05, 0.1) is 0 Å². The number of benzene rings is 1. The summed E-state index contributed by atoms with van der Waals surface area (Å²) in [5, 5.41) is 0. The first-order valence-electron chi connectivity index (χ1n) is 7.29. The minimum Gasteiger partial charge on any atom is -0.337 e. The molecule has 1 aliphatic rings. The van der Waals surface area contributed by atoms with Gasteiger partial charge in [-0.05, 0) is 44.6 Å². The summed E-state index contributed by atoms with van der Waals surface area (Å²) in [6.45, 7) is 4.13. The molecule has 21 heavy (non-hydrogen) atoms.